The molecule has 1 aliphatic heterocycles. The number of hydrogen-bond acceptors (Lipinski definition) is 8. The summed E-state index contributed by atoms with van der Waals surface area (Å²) in [6, 6.07) is 3.58. The van der Waals surface area contributed by atoms with Crippen LogP contribution in [0.15, 0.2) is 30.3 Å². The van der Waals surface area contributed by atoms with E-state index in [9.17, 15) is 32.6 Å². The summed E-state index contributed by atoms with van der Waals surface area (Å²) in [5, 5.41) is 15.3. The van der Waals surface area contributed by atoms with E-state index in [-0.39, 0.29) is 56.2 Å². The minimum atomic E-state index is -1.67. The Morgan fingerprint density at radius 2 is 1.67 bits per heavy atom. The highest BCUT2D eigenvalue weighted by Crippen LogP contribution is 2.30. The van der Waals surface area contributed by atoms with Crippen molar-refractivity contribution in [2.75, 3.05) is 31.5 Å². The number of amides is 3. The molecule has 3 amide bonds. The predicted molar refractivity (Wildman–Crippen MR) is 151 cm³/mol. The standard InChI is InChI=1S/C27H36BF3N6O5/c1-27(2)17-4-3-16(14-18(17)28(41)42-27)35-26(40)22(13-15-11-19(29)24(31)20(30)12-15)36-25(39)21(34)5-6-23(38)37(9-7-32)10-8-33/h3-4,11-12,14,21-22,41H,5-10,13,32-34H2,1-2H3,(H,35,40)(H,36,39)/t21-,22+/m0/s1. The zero-order chi connectivity index (χ0) is 31.2. The molecule has 0 radical (unpaired) electrons. The lowest BCUT2D eigenvalue weighted by molar-refractivity contribution is -0.131. The molecule has 0 spiro atoms. The van der Waals surface area contributed by atoms with Crippen LogP contribution in [0.3, 0.4) is 0 Å². The number of anilines is 1. The molecule has 0 fully saturated rings. The molecule has 228 valence electrons. The number of carbonyl (C=O) groups is 3. The molecule has 1 aliphatic rings. The Labute approximate surface area is 242 Å². The molecule has 0 saturated heterocycles. The lowest BCUT2D eigenvalue weighted by atomic mass is 9.78. The van der Waals surface area contributed by atoms with E-state index >= 15 is 0 Å². The summed E-state index contributed by atoms with van der Waals surface area (Å²) in [5.41, 5.74) is 17.6. The normalized spacial score (nSPS) is 15.1. The Hall–Kier alpha value is -3.50. The summed E-state index contributed by atoms with van der Waals surface area (Å²) in [6.07, 6.45) is -0.569. The van der Waals surface area contributed by atoms with Gasteiger partial charge in [-0.05, 0) is 61.1 Å². The number of nitrogens with two attached hydrogens (primary N) is 3. The number of carbonyl (C=O) groups excluding carboxylic acids is 3. The highest BCUT2D eigenvalue weighted by molar-refractivity contribution is 6.62. The van der Waals surface area contributed by atoms with Crippen LogP contribution in [-0.4, -0.2) is 73.0 Å². The van der Waals surface area contributed by atoms with Gasteiger partial charge in [0.15, 0.2) is 17.5 Å². The smallest absolute Gasteiger partial charge is 0.423 e. The Bertz CT molecular complexity index is 1290. The van der Waals surface area contributed by atoms with Gasteiger partial charge in [-0.3, -0.25) is 14.4 Å². The van der Waals surface area contributed by atoms with Crippen molar-refractivity contribution in [3.05, 3.63) is 58.9 Å². The molecule has 42 heavy (non-hydrogen) atoms. The van der Waals surface area contributed by atoms with Gasteiger partial charge >= 0.3 is 7.12 Å². The number of rotatable bonds is 13. The monoisotopic (exact) mass is 592 g/mol. The summed E-state index contributed by atoms with van der Waals surface area (Å²) in [7, 11) is -1.22. The van der Waals surface area contributed by atoms with Gasteiger partial charge in [0.25, 0.3) is 0 Å². The molecule has 0 aliphatic carbocycles. The molecule has 1 heterocycles. The van der Waals surface area contributed by atoms with E-state index in [1.54, 1.807) is 26.0 Å². The molecule has 0 saturated carbocycles. The second-order valence-corrected chi connectivity index (χ2v) is 10.5. The van der Waals surface area contributed by atoms with Gasteiger partial charge in [0.05, 0.1) is 11.6 Å². The van der Waals surface area contributed by atoms with E-state index in [1.165, 1.54) is 11.0 Å². The molecule has 0 unspecified atom stereocenters. The quantitative estimate of drug-likeness (QED) is 0.134. The Morgan fingerprint density at radius 1 is 1.05 bits per heavy atom. The Morgan fingerprint density at radius 3 is 2.26 bits per heavy atom. The zero-order valence-electron chi connectivity index (χ0n) is 23.5. The van der Waals surface area contributed by atoms with Crippen LogP contribution in [0.4, 0.5) is 18.9 Å². The summed E-state index contributed by atoms with van der Waals surface area (Å²) in [4.78, 5) is 40.2. The summed E-state index contributed by atoms with van der Waals surface area (Å²) in [5.74, 6) is -6.46. The van der Waals surface area contributed by atoms with Crippen LogP contribution in [0, 0.1) is 17.5 Å². The second kappa shape index (κ2) is 14.1. The van der Waals surface area contributed by atoms with Crippen molar-refractivity contribution in [2.24, 2.45) is 17.2 Å². The predicted octanol–water partition coefficient (Wildman–Crippen LogP) is -0.424. The van der Waals surface area contributed by atoms with Gasteiger partial charge in [0.2, 0.25) is 17.7 Å². The maximum absolute atomic E-state index is 13.9. The topological polar surface area (TPSA) is 186 Å². The van der Waals surface area contributed by atoms with Crippen LogP contribution in [0.1, 0.15) is 37.8 Å². The van der Waals surface area contributed by atoms with Gasteiger partial charge < -0.3 is 42.4 Å². The number of halogens is 3. The maximum Gasteiger partial charge on any atom is 0.492 e. The van der Waals surface area contributed by atoms with E-state index in [0.717, 1.165) is 12.1 Å². The molecular formula is C27H36BF3N6O5. The number of hydrogen-bond donors (Lipinski definition) is 6. The zero-order valence-corrected chi connectivity index (χ0v) is 23.5. The molecule has 0 bridgehead atoms. The minimum absolute atomic E-state index is 0.0665. The molecule has 9 N–H and O–H groups in total. The van der Waals surface area contributed by atoms with Crippen LogP contribution in [0.2, 0.25) is 0 Å². The fourth-order valence-electron chi connectivity index (χ4n) is 4.72. The number of nitrogens with zero attached hydrogens (tertiary/aromatic N) is 1. The van der Waals surface area contributed by atoms with Gasteiger partial charge in [-0.25, -0.2) is 13.2 Å². The fourth-order valence-corrected chi connectivity index (χ4v) is 4.72. The van der Waals surface area contributed by atoms with E-state index < -0.39 is 60.5 Å². The minimum Gasteiger partial charge on any atom is -0.423 e. The number of nitrogens with one attached hydrogen (secondary N) is 2. The molecule has 2 aromatic rings. The molecule has 15 heteroatoms. The largest absolute Gasteiger partial charge is 0.492 e. The van der Waals surface area contributed by atoms with Crippen LogP contribution in [0.25, 0.3) is 0 Å². The van der Waals surface area contributed by atoms with Gasteiger partial charge in [-0.2, -0.15) is 0 Å². The van der Waals surface area contributed by atoms with Crippen LogP contribution in [-0.2, 0) is 31.1 Å². The molecular weight excluding hydrogens is 556 g/mol. The maximum atomic E-state index is 13.9. The summed E-state index contributed by atoms with van der Waals surface area (Å²) < 4.78 is 46.8. The average molecular weight is 592 g/mol. The summed E-state index contributed by atoms with van der Waals surface area (Å²) in [6.45, 7) is 4.58. The van der Waals surface area contributed by atoms with Crippen molar-refractivity contribution in [3.63, 3.8) is 0 Å². The third-order valence-corrected chi connectivity index (χ3v) is 6.91. The average Bonchev–Trinajstić information content (AvgIpc) is 3.16. The molecule has 0 aromatic heterocycles. The summed E-state index contributed by atoms with van der Waals surface area (Å²) >= 11 is 0. The highest BCUT2D eigenvalue weighted by Gasteiger charge is 2.40. The van der Waals surface area contributed by atoms with E-state index in [2.05, 4.69) is 10.6 Å². The fraction of sp³-hybridized carbons (Fsp3) is 0.444. The van der Waals surface area contributed by atoms with E-state index in [4.69, 9.17) is 21.9 Å². The van der Waals surface area contributed by atoms with Crippen molar-refractivity contribution in [3.8, 4) is 0 Å². The van der Waals surface area contributed by atoms with Gasteiger partial charge in [-0.1, -0.05) is 6.07 Å². The Kier molecular flexibility index (Phi) is 11.1. The first-order valence-electron chi connectivity index (χ1n) is 13.5. The van der Waals surface area contributed by atoms with Crippen molar-refractivity contribution in [1.82, 2.24) is 10.2 Å². The second-order valence-electron chi connectivity index (χ2n) is 10.5. The lowest BCUT2D eigenvalue weighted by Crippen LogP contribution is -2.51. The van der Waals surface area contributed by atoms with Crippen LogP contribution in [0.5, 0.6) is 0 Å². The number of benzene rings is 2. The molecule has 11 nitrogen and oxygen atoms in total. The number of fused-ring (bicyclic) bond motifs is 1. The third kappa shape index (κ3) is 8.07. The third-order valence-electron chi connectivity index (χ3n) is 6.91. The van der Waals surface area contributed by atoms with E-state index in [0.29, 0.717) is 11.0 Å². The van der Waals surface area contributed by atoms with Gasteiger partial charge in [0.1, 0.15) is 6.04 Å². The van der Waals surface area contributed by atoms with Gasteiger partial charge in [0, 0.05) is 44.7 Å². The molecule has 2 atom stereocenters. The lowest BCUT2D eigenvalue weighted by Gasteiger charge is -2.23. The van der Waals surface area contributed by atoms with Crippen LogP contribution >= 0.6 is 0 Å². The highest BCUT2D eigenvalue weighted by atomic mass is 19.2. The van der Waals surface area contributed by atoms with Crippen molar-refractivity contribution in [1.29, 1.82) is 0 Å². The SMILES string of the molecule is CC1(C)OB(O)c2cc(NC(=O)[C@@H](Cc3cc(F)c(F)c(F)c3)NC(=O)[C@@H](N)CCC(=O)N(CCN)CCN)ccc21. The first-order valence-corrected chi connectivity index (χ1v) is 13.5. The van der Waals surface area contributed by atoms with Crippen molar-refractivity contribution in [2.45, 2.75) is 50.8 Å². The first kappa shape index (κ1) is 33.0. The molecule has 2 aromatic carbocycles. The van der Waals surface area contributed by atoms with Crippen molar-refractivity contribution >= 4 is 36.0 Å². The van der Waals surface area contributed by atoms with E-state index in [1.807, 2.05) is 0 Å². The van der Waals surface area contributed by atoms with Crippen molar-refractivity contribution < 1.29 is 37.2 Å². The molecule has 3 rings (SSSR count). The Balaban J connectivity index is 1.77. The van der Waals surface area contributed by atoms with Gasteiger partial charge in [-0.15, -0.1) is 0 Å². The van der Waals surface area contributed by atoms with Crippen LogP contribution < -0.4 is 33.3 Å². The first-order chi connectivity index (χ1) is 19.8.